The number of fused-ring (bicyclic) bond motifs is 1. The molecule has 3 aliphatic heterocycles. The van der Waals surface area contributed by atoms with Crippen LogP contribution in [0.4, 0.5) is 10.6 Å². The molecule has 1 aromatic carbocycles. The number of hydroxylamine groups is 1. The average Bonchev–Trinajstić information content (AvgIpc) is 1.81. The summed E-state index contributed by atoms with van der Waals surface area (Å²) in [7, 11) is -17.0. The number of rotatable bonds is 44. The Morgan fingerprint density at radius 1 is 0.868 bits per heavy atom. The fourth-order valence-corrected chi connectivity index (χ4v) is 13.2. The maximum atomic E-state index is 12.9. The number of hydrogen-bond donors (Lipinski definition) is 11. The van der Waals surface area contributed by atoms with Gasteiger partial charge in [-0.3, -0.25) is 33.1 Å². The predicted octanol–water partition coefficient (Wildman–Crippen LogP) is 1.05. The Balaban J connectivity index is 0.871. The highest BCUT2D eigenvalue weighted by molar-refractivity contribution is 8.00. The van der Waals surface area contributed by atoms with Crippen LogP contribution in [-0.4, -0.2) is 200 Å². The number of amides is 6. The van der Waals surface area contributed by atoms with Gasteiger partial charge in [-0.1, -0.05) is 34.6 Å². The molecule has 5 rings (SSSR count). The monoisotopic (exact) mass is 1370 g/mol. The molecule has 3 saturated heterocycles. The largest absolute Gasteiger partial charge is 0.491 e. The third-order valence-electron chi connectivity index (χ3n) is 12.7. The normalized spacial score (nSPS) is 19.9. The summed E-state index contributed by atoms with van der Waals surface area (Å²) in [4.78, 5) is 125. The van der Waals surface area contributed by atoms with Gasteiger partial charge in [0, 0.05) is 65.1 Å². The number of carbonyl (C=O) groups is 5. The fraction of sp³-hybridized carbons (Fsp3) is 0.646. The highest BCUT2D eigenvalue weighted by Gasteiger charge is 2.44. The van der Waals surface area contributed by atoms with E-state index < -0.39 is 78.7 Å². The molecule has 0 bridgehead atoms. The highest BCUT2D eigenvalue weighted by Crippen LogP contribution is 2.66. The molecule has 3 fully saturated rings. The van der Waals surface area contributed by atoms with Gasteiger partial charge in [0.25, 0.3) is 5.91 Å². The van der Waals surface area contributed by atoms with Crippen molar-refractivity contribution in [2.24, 2.45) is 16.1 Å². The van der Waals surface area contributed by atoms with Gasteiger partial charge in [0.2, 0.25) is 17.7 Å². The van der Waals surface area contributed by atoms with Gasteiger partial charge in [-0.2, -0.15) is 25.4 Å². The molecule has 0 saturated carbocycles. The summed E-state index contributed by atoms with van der Waals surface area (Å²) in [5, 5.41) is 21.1. The summed E-state index contributed by atoms with van der Waals surface area (Å²) in [6, 6.07) is 6.37. The first-order valence-electron chi connectivity index (χ1n) is 28.0. The van der Waals surface area contributed by atoms with E-state index in [1.165, 1.54) is 12.3 Å². The Bertz CT molecular complexity index is 3110. The number of nitrogens with two attached hydrogens (primary N) is 1. The minimum atomic E-state index is -5.82. The molecule has 3 aliphatic rings. The summed E-state index contributed by atoms with van der Waals surface area (Å²) >= 11 is 1.85. The molecule has 7 unspecified atom stereocenters. The zero-order valence-corrected chi connectivity index (χ0v) is 52.3. The number of aromatic nitrogens is 2. The molecule has 9 atom stereocenters. The highest BCUT2D eigenvalue weighted by atomic mass is 32.2. The smallest absolute Gasteiger partial charge is 0.490 e. The van der Waals surface area contributed by atoms with E-state index >= 15 is 0 Å². The number of nitrogen functional groups attached to an aromatic ring is 1. The van der Waals surface area contributed by atoms with Crippen molar-refractivity contribution in [3.8, 4) is 17.6 Å². The van der Waals surface area contributed by atoms with Crippen LogP contribution >= 0.6 is 35.2 Å². The van der Waals surface area contributed by atoms with Crippen molar-refractivity contribution in [2.75, 3.05) is 117 Å². The molecule has 4 heterocycles. The molecule has 39 nitrogen and oxygen atoms in total. The van der Waals surface area contributed by atoms with Crippen LogP contribution in [0, 0.1) is 17.8 Å². The second-order valence-electron chi connectivity index (χ2n) is 19.4. The van der Waals surface area contributed by atoms with Crippen LogP contribution in [0.1, 0.15) is 67.1 Å². The quantitative estimate of drug-likeness (QED) is 0.00645. The summed E-state index contributed by atoms with van der Waals surface area (Å²) in [6.45, 7) is -0.0846. The number of nitrogens with zero attached hydrogens (tertiary/aromatic N) is 8. The topological polar surface area (TPSA) is 550 Å². The second kappa shape index (κ2) is 39.8. The third-order valence-corrected chi connectivity index (χ3v) is 18.0. The Kier molecular flexibility index (Phi) is 32.9. The first-order valence-corrected chi connectivity index (χ1v) is 33.5. The Morgan fingerprint density at radius 2 is 1.60 bits per heavy atom. The van der Waals surface area contributed by atoms with E-state index in [0.717, 1.165) is 29.6 Å². The number of carbonyl (C=O) groups excluding carboxylic acids is 5. The van der Waals surface area contributed by atoms with Crippen molar-refractivity contribution in [2.45, 2.75) is 80.8 Å². The number of phosphoric acid groups is 3. The number of hydrogen-bond acceptors (Lipinski definition) is 25. The lowest BCUT2D eigenvalue weighted by Gasteiger charge is -2.21. The number of phosphoric ester groups is 1. The molecular weight excluding hydrogens is 1300 g/mol. The summed E-state index contributed by atoms with van der Waals surface area (Å²) in [6.07, 6.45) is 0.790. The third kappa shape index (κ3) is 29.8. The maximum Gasteiger partial charge on any atom is 0.490 e. The molecule has 504 valence electrons. The van der Waals surface area contributed by atoms with E-state index in [4.69, 9.17) is 69.1 Å². The molecular formula is C48H72N15O24P3S. The molecule has 12 N–H and O–H groups in total. The predicted molar refractivity (Wildman–Crippen MR) is 315 cm³/mol. The Hall–Kier alpha value is -6.49. The SMILES string of the molecule is [N-]=[N+]=NCCC1C[C@H](n2cc(C#CCNC(=O)COCCOC(COc3cccc(C(=O)NCCNC(=O)CCOCCOCCOCCONC(=O)CCCCC4SCC5NC(=O)NC54)c3)N=[N+]=[N-])c(N)nc2=O)O[C@@H]1COP(=O)(O)OP(=O)(O)OP(=O)(O)O. The number of thioether (sulfide) groups is 1. The molecule has 2 aromatic rings. The van der Waals surface area contributed by atoms with E-state index in [1.54, 1.807) is 18.2 Å². The van der Waals surface area contributed by atoms with Crippen molar-refractivity contribution in [3.63, 3.8) is 0 Å². The molecule has 91 heavy (non-hydrogen) atoms. The van der Waals surface area contributed by atoms with Gasteiger partial charge in [0.1, 0.15) is 31.0 Å². The number of benzene rings is 1. The van der Waals surface area contributed by atoms with Gasteiger partial charge >= 0.3 is 35.2 Å². The maximum absolute atomic E-state index is 12.9. The van der Waals surface area contributed by atoms with Gasteiger partial charge < -0.3 is 85.0 Å². The van der Waals surface area contributed by atoms with Crippen LogP contribution in [0.15, 0.2) is 45.5 Å². The lowest BCUT2D eigenvalue weighted by Crippen LogP contribution is -2.36. The minimum absolute atomic E-state index is 0.00811. The number of anilines is 1. The van der Waals surface area contributed by atoms with Crippen LogP contribution in [0.5, 0.6) is 5.75 Å². The average molecular weight is 1370 g/mol. The van der Waals surface area contributed by atoms with Gasteiger partial charge in [-0.05, 0) is 60.9 Å². The summed E-state index contributed by atoms with van der Waals surface area (Å²) < 4.78 is 87.0. The number of azide groups is 2. The van der Waals surface area contributed by atoms with E-state index in [-0.39, 0.29) is 151 Å². The lowest BCUT2D eigenvalue weighted by atomic mass is 9.97. The lowest BCUT2D eigenvalue weighted by molar-refractivity contribution is -0.135. The minimum Gasteiger partial charge on any atom is -0.491 e. The first-order chi connectivity index (χ1) is 43.5. The molecule has 0 aliphatic carbocycles. The number of unbranched alkanes of at least 4 members (excludes halogenated alkanes) is 1. The zero-order chi connectivity index (χ0) is 66.1. The second-order valence-corrected chi connectivity index (χ2v) is 25.1. The number of urea groups is 1. The van der Waals surface area contributed by atoms with Gasteiger partial charge in [-0.25, -0.2) is 28.8 Å². The Labute approximate surface area is 523 Å². The van der Waals surface area contributed by atoms with Crippen molar-refractivity contribution < 1.29 is 108 Å². The zero-order valence-electron chi connectivity index (χ0n) is 48.8. The van der Waals surface area contributed by atoms with Crippen molar-refractivity contribution in [1.82, 2.24) is 41.6 Å². The number of ether oxygens (including phenoxy) is 7. The first kappa shape index (κ1) is 75.2. The molecule has 6 amide bonds. The fourth-order valence-electron chi connectivity index (χ4n) is 8.60. The summed E-state index contributed by atoms with van der Waals surface area (Å²) in [5.41, 5.74) is 25.5. The van der Waals surface area contributed by atoms with Gasteiger partial charge in [0.05, 0.1) is 96.4 Å². The molecule has 0 spiro atoms. The Morgan fingerprint density at radius 3 is 2.35 bits per heavy atom. The molecule has 1 aromatic heterocycles. The molecule has 0 radical (unpaired) electrons. The molecule has 43 heteroatoms. The van der Waals surface area contributed by atoms with Gasteiger partial charge in [0.15, 0.2) is 6.23 Å². The van der Waals surface area contributed by atoms with Crippen LogP contribution < -0.4 is 48.2 Å². The van der Waals surface area contributed by atoms with Crippen molar-refractivity contribution in [1.29, 1.82) is 0 Å². The van der Waals surface area contributed by atoms with E-state index in [0.29, 0.717) is 24.9 Å². The van der Waals surface area contributed by atoms with Gasteiger partial charge in [-0.15, -0.1) is 0 Å². The van der Waals surface area contributed by atoms with Crippen LogP contribution in [0.2, 0.25) is 0 Å². The van der Waals surface area contributed by atoms with Crippen LogP contribution in [-0.2, 0) is 74.5 Å². The van der Waals surface area contributed by atoms with E-state index in [2.05, 4.69) is 77.6 Å². The summed E-state index contributed by atoms with van der Waals surface area (Å²) in [5.74, 6) is 4.00. The van der Waals surface area contributed by atoms with Crippen LogP contribution in [0.25, 0.3) is 20.9 Å². The van der Waals surface area contributed by atoms with Crippen molar-refractivity contribution in [3.05, 3.63) is 73.0 Å². The number of nitrogens with one attached hydrogen (secondary N) is 6. The van der Waals surface area contributed by atoms with Crippen LogP contribution in [0.3, 0.4) is 0 Å². The standard InChI is InChI=1S/C48H72N15O24P3S/c49-45-34(27-63(48(69)58-45)43-26-32(10-13-55-61-50)37(85-43)28-84-89(73,74)87-90(75,76)86-88(70,71)72)6-4-12-52-41(66)29-80-21-23-81-42(59-62-51)30-82-35-7-3-5-33(25-35)46(67)54-15-14-53-39(64)11-16-77-17-18-78-19-20-79-22-24-83-60-40(65)9-2-1-8-38-44-36(31-91-38)56-47(68)57-44/h3,5,7,25,27,32,36-38,42-44H,1-2,8-24,26,28-31H2,(H,52,66)(H,53,64)(H,54,67)(H,60,65)(H,73,74)(H,75,76)(H2,49,58,69)(H2,56,57,68)(H2,70,71,72)/t32?,36?,37-,38?,42?,43-,44?/m1/s1. The van der Waals surface area contributed by atoms with E-state index in [1.807, 2.05) is 11.8 Å². The van der Waals surface area contributed by atoms with E-state index in [9.17, 15) is 52.2 Å². The van der Waals surface area contributed by atoms with Crippen molar-refractivity contribution >= 4 is 70.7 Å².